The van der Waals surface area contributed by atoms with E-state index in [0.29, 0.717) is 11.1 Å². The predicted molar refractivity (Wildman–Crippen MR) is 166 cm³/mol. The van der Waals surface area contributed by atoms with Gasteiger partial charge in [-0.05, 0) is 47.9 Å². The van der Waals surface area contributed by atoms with Gasteiger partial charge in [-0.15, -0.1) is 10.2 Å². The third-order valence-electron chi connectivity index (χ3n) is 7.00. The first kappa shape index (κ1) is 31.7. The van der Waals surface area contributed by atoms with Crippen LogP contribution in [-0.2, 0) is 22.7 Å². The van der Waals surface area contributed by atoms with Crippen LogP contribution in [0.5, 0.6) is 0 Å². The van der Waals surface area contributed by atoms with Crippen molar-refractivity contribution in [3.05, 3.63) is 119 Å². The molecule has 1 unspecified atom stereocenters. The van der Waals surface area contributed by atoms with E-state index in [2.05, 4.69) is 25.8 Å². The molecule has 0 saturated heterocycles. The van der Waals surface area contributed by atoms with E-state index >= 15 is 0 Å². The summed E-state index contributed by atoms with van der Waals surface area (Å²) in [5.41, 5.74) is 0.763. The summed E-state index contributed by atoms with van der Waals surface area (Å²) in [7, 11) is 0. The molecule has 0 saturated carbocycles. The fourth-order valence-electron chi connectivity index (χ4n) is 4.61. The minimum Gasteiger partial charge on any atom is -0.444 e. The van der Waals surface area contributed by atoms with Crippen molar-refractivity contribution < 1.29 is 28.2 Å². The first-order valence-electron chi connectivity index (χ1n) is 14.4. The van der Waals surface area contributed by atoms with Gasteiger partial charge >= 0.3 is 6.09 Å². The van der Waals surface area contributed by atoms with E-state index in [1.54, 1.807) is 50.2 Å². The Balaban J connectivity index is 1.37. The second-order valence-electron chi connectivity index (χ2n) is 10.7. The SMILES string of the molecule is CC(C)[C@H](NC(=O)Cn1c(-c2ccc(F)cc2)ncc(NC(=O)OCc2ccccc2)c1=O)C(O)c1nnc(-c2ccccc2)o1. The number of hydrogen-bond acceptors (Lipinski definition) is 9. The van der Waals surface area contributed by atoms with Gasteiger partial charge in [0.15, 0.2) is 6.10 Å². The normalized spacial score (nSPS) is 12.4. The van der Waals surface area contributed by atoms with Crippen LogP contribution in [0.25, 0.3) is 22.8 Å². The van der Waals surface area contributed by atoms with Crippen LogP contribution in [0.1, 0.15) is 31.4 Å². The maximum absolute atomic E-state index is 13.7. The molecule has 3 N–H and O–H groups in total. The monoisotopic (exact) mass is 626 g/mol. The number of amides is 2. The number of benzene rings is 3. The van der Waals surface area contributed by atoms with Crippen LogP contribution >= 0.6 is 0 Å². The van der Waals surface area contributed by atoms with Crippen LogP contribution in [-0.4, -0.2) is 42.9 Å². The van der Waals surface area contributed by atoms with Crippen molar-refractivity contribution in [3.8, 4) is 22.8 Å². The molecule has 0 aliphatic heterocycles. The third kappa shape index (κ3) is 7.68. The summed E-state index contributed by atoms with van der Waals surface area (Å²) in [4.78, 5) is 43.8. The molecular weight excluding hydrogens is 595 g/mol. The number of carbonyl (C=O) groups is 2. The van der Waals surface area contributed by atoms with Crippen LogP contribution in [0.15, 0.2) is 100 Å². The van der Waals surface area contributed by atoms with Crippen molar-refractivity contribution >= 4 is 17.7 Å². The van der Waals surface area contributed by atoms with E-state index in [1.807, 2.05) is 24.3 Å². The van der Waals surface area contributed by atoms with Gasteiger partial charge in [-0.1, -0.05) is 62.4 Å². The van der Waals surface area contributed by atoms with Crippen molar-refractivity contribution in [3.63, 3.8) is 0 Å². The molecule has 0 spiro atoms. The fourth-order valence-corrected chi connectivity index (χ4v) is 4.61. The number of ether oxygens (including phenoxy) is 1. The zero-order chi connectivity index (χ0) is 32.6. The molecule has 0 fully saturated rings. The average molecular weight is 627 g/mol. The van der Waals surface area contributed by atoms with E-state index in [0.717, 1.165) is 16.3 Å². The molecule has 13 heteroatoms. The maximum Gasteiger partial charge on any atom is 0.412 e. The first-order chi connectivity index (χ1) is 22.2. The van der Waals surface area contributed by atoms with E-state index in [4.69, 9.17) is 9.15 Å². The van der Waals surface area contributed by atoms with Gasteiger partial charge in [-0.25, -0.2) is 14.2 Å². The Hall–Kier alpha value is -5.69. The van der Waals surface area contributed by atoms with Crippen LogP contribution in [0.3, 0.4) is 0 Å². The molecule has 3 aromatic carbocycles. The lowest BCUT2D eigenvalue weighted by atomic mass is 9.98. The van der Waals surface area contributed by atoms with Crippen molar-refractivity contribution in [2.24, 2.45) is 5.92 Å². The summed E-state index contributed by atoms with van der Waals surface area (Å²) in [5.74, 6) is -1.29. The fraction of sp³-hybridized carbons (Fsp3) is 0.212. The maximum atomic E-state index is 13.7. The molecule has 2 atom stereocenters. The molecule has 0 radical (unpaired) electrons. The van der Waals surface area contributed by atoms with Gasteiger partial charge in [-0.3, -0.25) is 19.5 Å². The highest BCUT2D eigenvalue weighted by molar-refractivity contribution is 5.84. The minimum atomic E-state index is -1.37. The van der Waals surface area contributed by atoms with Gasteiger partial charge in [0.1, 0.15) is 30.5 Å². The summed E-state index contributed by atoms with van der Waals surface area (Å²) in [5, 5.41) is 24.2. The summed E-state index contributed by atoms with van der Waals surface area (Å²) >= 11 is 0. The molecular formula is C33H31FN6O6. The number of nitrogens with one attached hydrogen (secondary N) is 2. The van der Waals surface area contributed by atoms with E-state index < -0.39 is 42.1 Å². The Bertz CT molecular complexity index is 1840. The molecule has 0 bridgehead atoms. The molecule has 2 amide bonds. The summed E-state index contributed by atoms with van der Waals surface area (Å²) in [6, 6.07) is 22.3. The quantitative estimate of drug-likeness (QED) is 0.188. The highest BCUT2D eigenvalue weighted by Gasteiger charge is 2.31. The Morgan fingerprint density at radius 2 is 1.63 bits per heavy atom. The molecule has 0 aliphatic carbocycles. The number of hydrogen-bond donors (Lipinski definition) is 3. The van der Waals surface area contributed by atoms with Crippen molar-refractivity contribution in [2.75, 3.05) is 5.32 Å². The van der Waals surface area contributed by atoms with E-state index in [9.17, 15) is 23.9 Å². The molecule has 236 valence electrons. The lowest BCUT2D eigenvalue weighted by Gasteiger charge is -2.26. The van der Waals surface area contributed by atoms with Crippen LogP contribution < -0.4 is 16.2 Å². The van der Waals surface area contributed by atoms with Gasteiger partial charge in [0.2, 0.25) is 17.7 Å². The van der Waals surface area contributed by atoms with Crippen molar-refractivity contribution in [1.82, 2.24) is 25.1 Å². The Morgan fingerprint density at radius 3 is 2.30 bits per heavy atom. The zero-order valence-corrected chi connectivity index (χ0v) is 25.0. The number of aromatic nitrogens is 4. The number of aliphatic hydroxyl groups is 1. The highest BCUT2D eigenvalue weighted by atomic mass is 19.1. The van der Waals surface area contributed by atoms with Crippen molar-refractivity contribution in [1.29, 1.82) is 0 Å². The van der Waals surface area contributed by atoms with E-state index in [1.165, 1.54) is 24.3 Å². The van der Waals surface area contributed by atoms with Crippen LogP contribution in [0.4, 0.5) is 14.9 Å². The number of rotatable bonds is 11. The smallest absolute Gasteiger partial charge is 0.412 e. The summed E-state index contributed by atoms with van der Waals surface area (Å²) < 4.78 is 25.6. The van der Waals surface area contributed by atoms with Crippen molar-refractivity contribution in [2.45, 2.75) is 39.1 Å². The summed E-state index contributed by atoms with van der Waals surface area (Å²) in [6.45, 7) is 2.98. The van der Waals surface area contributed by atoms with Gasteiger partial charge in [-0.2, -0.15) is 0 Å². The molecule has 12 nitrogen and oxygen atoms in total. The van der Waals surface area contributed by atoms with Gasteiger partial charge in [0, 0.05) is 11.1 Å². The molecule has 0 aliphatic rings. The molecule has 2 heterocycles. The third-order valence-corrected chi connectivity index (χ3v) is 7.00. The lowest BCUT2D eigenvalue weighted by molar-refractivity contribution is -0.124. The molecule has 2 aromatic heterocycles. The zero-order valence-electron chi connectivity index (χ0n) is 25.0. The average Bonchev–Trinajstić information content (AvgIpc) is 3.56. The van der Waals surface area contributed by atoms with Gasteiger partial charge < -0.3 is 19.6 Å². The van der Waals surface area contributed by atoms with E-state index in [-0.39, 0.29) is 35.8 Å². The number of aliphatic hydroxyl groups excluding tert-OH is 1. The lowest BCUT2D eigenvalue weighted by Crippen LogP contribution is -2.45. The first-order valence-corrected chi connectivity index (χ1v) is 14.4. The topological polar surface area (TPSA) is 161 Å². The Kier molecular flexibility index (Phi) is 9.93. The number of anilines is 1. The van der Waals surface area contributed by atoms with Crippen LogP contribution in [0, 0.1) is 11.7 Å². The minimum absolute atomic E-state index is 0.0316. The largest absolute Gasteiger partial charge is 0.444 e. The molecule has 5 aromatic rings. The highest BCUT2D eigenvalue weighted by Crippen LogP contribution is 2.25. The summed E-state index contributed by atoms with van der Waals surface area (Å²) in [6.07, 6.45) is -1.13. The van der Waals surface area contributed by atoms with Gasteiger partial charge in [0.05, 0.1) is 12.2 Å². The van der Waals surface area contributed by atoms with Crippen LogP contribution in [0.2, 0.25) is 0 Å². The number of halogens is 1. The predicted octanol–water partition coefficient (Wildman–Crippen LogP) is 4.72. The molecule has 5 rings (SSSR count). The van der Waals surface area contributed by atoms with Gasteiger partial charge in [0.25, 0.3) is 5.56 Å². The second kappa shape index (κ2) is 14.4. The molecule has 46 heavy (non-hydrogen) atoms. The number of carbonyl (C=O) groups excluding carboxylic acids is 2. The standard InChI is InChI=1S/C33H31FN6O6/c1-20(2)27(28(42)31-39-38-30(46-31)23-11-7-4-8-12-23)37-26(41)18-40-29(22-13-15-24(34)16-14-22)35-17-25(32(40)43)36-33(44)45-19-21-9-5-3-6-10-21/h3-17,20,27-28,42H,18-19H2,1-2H3,(H,36,44)(H,37,41)/t27-,28?/m0/s1. The Labute approximate surface area is 262 Å². The Morgan fingerprint density at radius 1 is 0.957 bits per heavy atom. The number of nitrogens with zero attached hydrogens (tertiary/aromatic N) is 4. The second-order valence-corrected chi connectivity index (χ2v) is 10.7.